The maximum absolute atomic E-state index is 15.0. The van der Waals surface area contributed by atoms with Gasteiger partial charge >= 0.3 is 5.97 Å². The molecule has 3 aliphatic rings. The number of fused-ring (bicyclic) bond motifs is 5. The highest BCUT2D eigenvalue weighted by Gasteiger charge is 2.44. The zero-order chi connectivity index (χ0) is 51.6. The predicted molar refractivity (Wildman–Crippen MR) is 267 cm³/mol. The highest BCUT2D eigenvalue weighted by molar-refractivity contribution is 6.17. The number of ether oxygens (including phenoxy) is 5. The lowest BCUT2D eigenvalue weighted by Crippen LogP contribution is -2.47. The summed E-state index contributed by atoms with van der Waals surface area (Å²) in [6, 6.07) is 3.14. The minimum absolute atomic E-state index is 0.00777. The van der Waals surface area contributed by atoms with Crippen LogP contribution in [0.2, 0.25) is 0 Å². The fraction of sp³-hybridized carbons (Fsp3) is 0.519. The van der Waals surface area contributed by atoms with Gasteiger partial charge < -0.3 is 53.6 Å². The van der Waals surface area contributed by atoms with Crippen molar-refractivity contribution < 1.29 is 58.2 Å². The lowest BCUT2D eigenvalue weighted by atomic mass is 9.78. The summed E-state index contributed by atoms with van der Waals surface area (Å²) in [6.45, 7) is 19.5. The number of carbonyl (C=O) groups is 2. The van der Waals surface area contributed by atoms with Crippen molar-refractivity contribution in [1.29, 1.82) is 0 Å². The van der Waals surface area contributed by atoms with E-state index >= 15 is 4.79 Å². The molecule has 3 aliphatic heterocycles. The van der Waals surface area contributed by atoms with Gasteiger partial charge in [-0.25, -0.2) is 4.98 Å². The van der Waals surface area contributed by atoms with Gasteiger partial charge in [0.1, 0.15) is 34.5 Å². The Morgan fingerprint density at radius 3 is 2.35 bits per heavy atom. The van der Waals surface area contributed by atoms with Crippen molar-refractivity contribution in [3.8, 4) is 11.5 Å². The summed E-state index contributed by atoms with van der Waals surface area (Å²) in [6.07, 6.45) is 4.52. The summed E-state index contributed by atoms with van der Waals surface area (Å²) in [5.41, 5.74) is 0.674. The van der Waals surface area contributed by atoms with Crippen LogP contribution in [-0.4, -0.2) is 126 Å². The third-order valence-corrected chi connectivity index (χ3v) is 14.2. The van der Waals surface area contributed by atoms with Crippen molar-refractivity contribution in [2.24, 2.45) is 23.7 Å². The van der Waals surface area contributed by atoms with Gasteiger partial charge in [-0.1, -0.05) is 52.8 Å². The highest BCUT2D eigenvalue weighted by Crippen LogP contribution is 2.42. The minimum Gasteiger partial charge on any atom is -0.507 e. The SMILES string of the molecule is CCCOCCN1CCN(c2cc(=O)c3nc4c(oc3c2)c2c(=O)c3c(O)c(C)c5c(c34)=C(NO)[C@@](C)(O/C=C/[C@H](OC)[C@@H](C)[C@@H](OC(C)=O)[C@H](C)[C@H](O)[C@H](C)[C@@H](O)[C@@H](C)/C=C/C=C(/C)C(=O)N2)O5)CC1. The van der Waals surface area contributed by atoms with Gasteiger partial charge in [0.15, 0.2) is 16.7 Å². The van der Waals surface area contributed by atoms with E-state index in [4.69, 9.17) is 33.1 Å². The number of esters is 1. The van der Waals surface area contributed by atoms with Gasteiger partial charge in [-0.2, -0.15) is 0 Å². The number of hydroxylamine groups is 1. The summed E-state index contributed by atoms with van der Waals surface area (Å²) < 4.78 is 36.6. The predicted octanol–water partition coefficient (Wildman–Crippen LogP) is 4.53. The van der Waals surface area contributed by atoms with Crippen LogP contribution >= 0.6 is 0 Å². The normalized spacial score (nSPS) is 28.6. The Morgan fingerprint density at radius 1 is 0.972 bits per heavy atom. The zero-order valence-corrected chi connectivity index (χ0v) is 42.0. The molecule has 6 N–H and O–H groups in total. The zero-order valence-electron chi connectivity index (χ0n) is 42.0. The largest absolute Gasteiger partial charge is 0.507 e. The number of nitrogens with one attached hydrogen (secondary N) is 2. The molecule has 0 saturated carbocycles. The van der Waals surface area contributed by atoms with E-state index in [-0.39, 0.29) is 66.5 Å². The number of aromatic nitrogens is 1. The first kappa shape index (κ1) is 52.7. The van der Waals surface area contributed by atoms with Crippen LogP contribution in [0.4, 0.5) is 11.4 Å². The summed E-state index contributed by atoms with van der Waals surface area (Å²) >= 11 is 0. The number of aliphatic hydroxyl groups is 2. The van der Waals surface area contributed by atoms with Crippen LogP contribution in [0.3, 0.4) is 0 Å². The maximum Gasteiger partial charge on any atom is 0.302 e. The molecule has 1 aromatic heterocycles. The molecule has 1 amide bonds. The van der Waals surface area contributed by atoms with E-state index < -0.39 is 82.4 Å². The maximum atomic E-state index is 15.0. The second-order valence-corrected chi connectivity index (χ2v) is 19.1. The minimum atomic E-state index is -1.90. The third kappa shape index (κ3) is 10.3. The van der Waals surface area contributed by atoms with Gasteiger partial charge in [0.05, 0.1) is 41.8 Å². The Balaban J connectivity index is 1.44. The van der Waals surface area contributed by atoms with Crippen LogP contribution in [0.25, 0.3) is 38.7 Å². The first-order valence-corrected chi connectivity index (χ1v) is 24.2. The number of piperazine rings is 1. The number of phenolic OH excluding ortho intramolecular Hbond substituents is 1. The summed E-state index contributed by atoms with van der Waals surface area (Å²) in [7, 11) is 1.45. The van der Waals surface area contributed by atoms with Crippen molar-refractivity contribution in [2.45, 2.75) is 98.9 Å². The number of carbonyl (C=O) groups excluding carboxylic acids is 2. The Hall–Kier alpha value is -6.09. The second kappa shape index (κ2) is 21.7. The topological polar surface area (TPSA) is 252 Å². The number of hydrogen-bond donors (Lipinski definition) is 6. The van der Waals surface area contributed by atoms with Crippen molar-refractivity contribution in [3.05, 3.63) is 79.5 Å². The molecule has 19 nitrogen and oxygen atoms in total. The summed E-state index contributed by atoms with van der Waals surface area (Å²) in [5, 5.41) is 48.4. The van der Waals surface area contributed by atoms with Gasteiger partial charge in [0.2, 0.25) is 10.9 Å². The van der Waals surface area contributed by atoms with Gasteiger partial charge in [-0.3, -0.25) is 34.8 Å². The number of aliphatic hydroxyl groups excluding tert-OH is 2. The second-order valence-electron chi connectivity index (χ2n) is 19.1. The first-order valence-electron chi connectivity index (χ1n) is 24.2. The number of rotatable bonds is 9. The highest BCUT2D eigenvalue weighted by atomic mass is 16.7. The van der Waals surface area contributed by atoms with Crippen LogP contribution in [-0.2, 0) is 28.5 Å². The molecule has 1 saturated heterocycles. The average Bonchev–Trinajstić information content (AvgIpc) is 3.65. The van der Waals surface area contributed by atoms with Crippen LogP contribution in [0.1, 0.15) is 67.4 Å². The summed E-state index contributed by atoms with van der Waals surface area (Å²) in [5.74, 6) is -6.32. The molecule has 3 aromatic carbocycles. The van der Waals surface area contributed by atoms with Gasteiger partial charge in [0, 0.05) is 118 Å². The fourth-order valence-electron chi connectivity index (χ4n) is 9.90. The molecule has 0 unspecified atom stereocenters. The van der Waals surface area contributed by atoms with Crippen LogP contribution < -0.4 is 36.5 Å². The number of nitrogens with zero attached hydrogens (tertiary/aromatic N) is 3. The average molecular weight is 986 g/mol. The molecule has 4 aromatic rings. The van der Waals surface area contributed by atoms with E-state index in [0.717, 1.165) is 26.1 Å². The van der Waals surface area contributed by atoms with E-state index in [1.54, 1.807) is 45.9 Å². The van der Waals surface area contributed by atoms with Gasteiger partial charge in [-0.15, -0.1) is 0 Å². The lowest BCUT2D eigenvalue weighted by Gasteiger charge is -2.38. The van der Waals surface area contributed by atoms with Crippen LogP contribution in [0.5, 0.6) is 11.5 Å². The Morgan fingerprint density at radius 2 is 1.69 bits per heavy atom. The molecule has 0 spiro atoms. The quantitative estimate of drug-likeness (QED) is 0.0443. The Kier molecular flexibility index (Phi) is 16.1. The Labute approximate surface area is 411 Å². The molecule has 0 aliphatic carbocycles. The number of allylic oxidation sites excluding steroid dienone is 2. The number of hydrogen-bond acceptors (Lipinski definition) is 18. The number of phenols is 1. The van der Waals surface area contributed by atoms with Crippen molar-refractivity contribution >= 4 is 61.9 Å². The monoisotopic (exact) mass is 985 g/mol. The molecule has 0 radical (unpaired) electrons. The van der Waals surface area contributed by atoms with Crippen LogP contribution in [0.15, 0.2) is 62.3 Å². The van der Waals surface area contributed by atoms with Gasteiger partial charge in [-0.05, 0) is 26.3 Å². The molecule has 384 valence electrons. The van der Waals surface area contributed by atoms with E-state index in [1.807, 2.05) is 0 Å². The molecule has 7 rings (SSSR count). The fourth-order valence-corrected chi connectivity index (χ4v) is 9.90. The summed E-state index contributed by atoms with van der Waals surface area (Å²) in [4.78, 5) is 64.9. The molecule has 71 heavy (non-hydrogen) atoms. The molecule has 19 heteroatoms. The van der Waals surface area contributed by atoms with Crippen LogP contribution in [0, 0.1) is 30.6 Å². The molecule has 9 atom stereocenters. The number of anilines is 2. The molecule has 5 bridgehead atoms. The molecule has 1 fully saturated rings. The lowest BCUT2D eigenvalue weighted by molar-refractivity contribution is -0.160. The van der Waals surface area contributed by atoms with E-state index in [9.17, 15) is 34.9 Å². The Bertz CT molecular complexity index is 2950. The molecule has 4 heterocycles. The molecular weight excluding hydrogens is 919 g/mol. The smallest absolute Gasteiger partial charge is 0.302 e. The van der Waals surface area contributed by atoms with Gasteiger partial charge in [0.25, 0.3) is 11.7 Å². The number of methoxy groups -OCH3 is 1. The number of aromatic hydroxyl groups is 1. The van der Waals surface area contributed by atoms with Crippen molar-refractivity contribution in [1.82, 2.24) is 15.4 Å². The van der Waals surface area contributed by atoms with E-state index in [2.05, 4.69) is 27.5 Å². The van der Waals surface area contributed by atoms with Crippen molar-refractivity contribution in [3.63, 3.8) is 0 Å². The molecular formula is C52H67N5O14. The standard InChI is InChI=1S/C52H67N5O14/c1-11-21-67-23-20-56-16-18-57(19-17-56)33-24-34(59)40-36(25-33)70-49-41(53-40)37-38-45(62)31(7)48-39(37)50(55-65)52(9,71-48)68-22-15-35(66-10)28(4)47(69-32(8)58)30(6)44(61)29(5)43(60)26(2)13-12-14-27(3)51(64)54-42(49)46(38)63/h12-15,22,24-26,28-30,35,43-44,47,55,60-62,65H,11,16-21,23H2,1-10H3,(H,54,64)/b13-12+,22-15+,27-14-/t26-,28+,29+,30+,35-,43-,44+,47+,52-/m0/s1. The van der Waals surface area contributed by atoms with Crippen molar-refractivity contribution in [2.75, 3.05) is 63.3 Å². The third-order valence-electron chi connectivity index (χ3n) is 14.2. The number of benzene rings is 3. The van der Waals surface area contributed by atoms with E-state index in [1.165, 1.54) is 59.3 Å². The van der Waals surface area contributed by atoms with E-state index in [0.29, 0.717) is 32.0 Å². The number of amides is 1. The first-order chi connectivity index (χ1) is 33.8.